The number of fused-ring (bicyclic) bond motifs is 3. The minimum Gasteiger partial charge on any atom is -0.491 e. The molecule has 0 saturated carbocycles. The summed E-state index contributed by atoms with van der Waals surface area (Å²) >= 11 is 1.57. The lowest BCUT2D eigenvalue weighted by Crippen LogP contribution is -2.32. The highest BCUT2D eigenvalue weighted by atomic mass is 32.2. The van der Waals surface area contributed by atoms with Crippen molar-refractivity contribution in [2.45, 2.75) is 43.3 Å². The predicted molar refractivity (Wildman–Crippen MR) is 120 cm³/mol. The number of hydrogen-bond donors (Lipinski definition) is 1. The van der Waals surface area contributed by atoms with Crippen molar-refractivity contribution >= 4 is 28.6 Å². The number of benzene rings is 1. The first-order valence-electron chi connectivity index (χ1n) is 10.7. The normalized spacial score (nSPS) is 16.8. The number of aromatic nitrogens is 3. The molecule has 3 heterocycles. The maximum atomic E-state index is 12.8. The van der Waals surface area contributed by atoms with Gasteiger partial charge in [-0.2, -0.15) is 0 Å². The van der Waals surface area contributed by atoms with Crippen molar-refractivity contribution in [3.05, 3.63) is 58.1 Å². The predicted octanol–water partition coefficient (Wildman–Crippen LogP) is 2.90. The van der Waals surface area contributed by atoms with E-state index < -0.39 is 0 Å². The number of pyridine rings is 1. The van der Waals surface area contributed by atoms with E-state index in [-0.39, 0.29) is 17.5 Å². The number of nitrogens with one attached hydrogen (secondary N) is 1. The van der Waals surface area contributed by atoms with Crippen LogP contribution in [0, 0.1) is 0 Å². The van der Waals surface area contributed by atoms with E-state index in [2.05, 4.69) is 15.3 Å². The Kier molecular flexibility index (Phi) is 5.63. The lowest BCUT2D eigenvalue weighted by Gasteiger charge is -2.14. The van der Waals surface area contributed by atoms with E-state index in [1.165, 1.54) is 0 Å². The van der Waals surface area contributed by atoms with E-state index in [0.29, 0.717) is 26.0 Å². The number of ether oxygens (including phenoxy) is 1. The molecule has 1 unspecified atom stereocenters. The molecule has 8 heteroatoms. The van der Waals surface area contributed by atoms with E-state index in [4.69, 9.17) is 4.74 Å². The summed E-state index contributed by atoms with van der Waals surface area (Å²) in [7, 11) is 0. The van der Waals surface area contributed by atoms with Crippen molar-refractivity contribution < 1.29 is 9.53 Å². The topological polar surface area (TPSA) is 86.1 Å². The Morgan fingerprint density at radius 2 is 2.16 bits per heavy atom. The standard InChI is InChI=1S/C23H24N4O3S/c28-20(13-16-14-31-23-26-18-8-2-7-17(18)22(29)27(16)23)24-11-4-12-30-19-9-1-5-15-6-3-10-25-21(15)19/h1,3,5-6,9-10,16H,2,4,7-8,11-14H2,(H,24,28). The van der Waals surface area contributed by atoms with E-state index in [1.54, 1.807) is 22.5 Å². The summed E-state index contributed by atoms with van der Waals surface area (Å²) in [6, 6.07) is 9.65. The van der Waals surface area contributed by atoms with Crippen LogP contribution < -0.4 is 15.6 Å². The van der Waals surface area contributed by atoms with Crippen LogP contribution in [-0.4, -0.2) is 39.3 Å². The fourth-order valence-electron chi connectivity index (χ4n) is 4.26. The van der Waals surface area contributed by atoms with Gasteiger partial charge in [-0.1, -0.05) is 30.0 Å². The Morgan fingerprint density at radius 1 is 1.26 bits per heavy atom. The van der Waals surface area contributed by atoms with E-state index >= 15 is 0 Å². The molecule has 31 heavy (non-hydrogen) atoms. The van der Waals surface area contributed by atoms with E-state index in [0.717, 1.165) is 58.1 Å². The number of aryl methyl sites for hydroxylation is 1. The molecule has 0 saturated heterocycles. The number of nitrogens with zero attached hydrogens (tertiary/aromatic N) is 3. The Hall–Kier alpha value is -2.87. The quantitative estimate of drug-likeness (QED) is 0.453. The van der Waals surface area contributed by atoms with Crippen LogP contribution in [0.3, 0.4) is 0 Å². The minimum absolute atomic E-state index is 0.0438. The third-order valence-electron chi connectivity index (χ3n) is 5.79. The highest BCUT2D eigenvalue weighted by Gasteiger charge is 2.30. The van der Waals surface area contributed by atoms with Crippen LogP contribution in [0.5, 0.6) is 5.75 Å². The Morgan fingerprint density at radius 3 is 3.10 bits per heavy atom. The first kappa shape index (κ1) is 20.1. The zero-order valence-corrected chi connectivity index (χ0v) is 18.0. The summed E-state index contributed by atoms with van der Waals surface area (Å²) in [5.41, 5.74) is 2.70. The molecule has 1 N–H and O–H groups in total. The Balaban J connectivity index is 1.12. The van der Waals surface area contributed by atoms with Crippen LogP contribution in [0.2, 0.25) is 0 Å². The van der Waals surface area contributed by atoms with Gasteiger partial charge < -0.3 is 10.1 Å². The third-order valence-corrected chi connectivity index (χ3v) is 6.89. The first-order chi connectivity index (χ1) is 15.2. The number of para-hydroxylation sites is 1. The molecule has 0 spiro atoms. The third kappa shape index (κ3) is 4.04. The van der Waals surface area contributed by atoms with Gasteiger partial charge in [0.1, 0.15) is 11.3 Å². The summed E-state index contributed by atoms with van der Waals surface area (Å²) in [5.74, 6) is 1.43. The van der Waals surface area contributed by atoms with Crippen LogP contribution in [0.15, 0.2) is 46.5 Å². The van der Waals surface area contributed by atoms with Crippen LogP contribution >= 0.6 is 11.8 Å². The monoisotopic (exact) mass is 436 g/mol. The number of rotatable bonds is 7. The van der Waals surface area contributed by atoms with E-state index in [1.807, 2.05) is 30.3 Å². The molecule has 1 amide bonds. The number of carbonyl (C=O) groups is 1. The molecular weight excluding hydrogens is 412 g/mol. The van der Waals surface area contributed by atoms with Crippen molar-refractivity contribution in [2.75, 3.05) is 18.9 Å². The largest absolute Gasteiger partial charge is 0.491 e. The Labute approximate surface area is 184 Å². The smallest absolute Gasteiger partial charge is 0.257 e. The molecule has 5 rings (SSSR count). The van der Waals surface area contributed by atoms with Gasteiger partial charge >= 0.3 is 0 Å². The summed E-state index contributed by atoms with van der Waals surface area (Å²) in [5, 5.41) is 4.76. The van der Waals surface area contributed by atoms with Crippen molar-refractivity contribution in [3.8, 4) is 5.75 Å². The SMILES string of the molecule is O=C(CC1CSc2nc3c(c(=O)n21)CCC3)NCCCOc1cccc2cccnc12. The molecule has 1 aliphatic heterocycles. The highest BCUT2D eigenvalue weighted by molar-refractivity contribution is 7.99. The maximum Gasteiger partial charge on any atom is 0.257 e. The van der Waals surface area contributed by atoms with Gasteiger partial charge in [-0.25, -0.2) is 4.98 Å². The number of carbonyl (C=O) groups excluding carboxylic acids is 1. The summed E-state index contributed by atoms with van der Waals surface area (Å²) in [4.78, 5) is 34.3. The zero-order valence-electron chi connectivity index (χ0n) is 17.2. The molecule has 3 aromatic rings. The lowest BCUT2D eigenvalue weighted by atomic mass is 10.2. The van der Waals surface area contributed by atoms with Gasteiger partial charge in [-0.05, 0) is 37.8 Å². The molecule has 7 nitrogen and oxygen atoms in total. The number of amides is 1. The fraction of sp³-hybridized carbons (Fsp3) is 0.391. The molecule has 2 aromatic heterocycles. The fourth-order valence-corrected chi connectivity index (χ4v) is 5.42. The summed E-state index contributed by atoms with van der Waals surface area (Å²) in [6.45, 7) is 1.02. The van der Waals surface area contributed by atoms with Gasteiger partial charge in [0.2, 0.25) is 5.91 Å². The summed E-state index contributed by atoms with van der Waals surface area (Å²) in [6.07, 6.45) is 5.43. The maximum absolute atomic E-state index is 12.8. The van der Waals surface area contributed by atoms with Gasteiger partial charge in [-0.3, -0.25) is 19.1 Å². The average molecular weight is 437 g/mol. The minimum atomic E-state index is -0.121. The highest BCUT2D eigenvalue weighted by Crippen LogP contribution is 2.33. The van der Waals surface area contributed by atoms with Crippen LogP contribution in [0.1, 0.15) is 36.6 Å². The van der Waals surface area contributed by atoms with Gasteiger partial charge in [0, 0.05) is 35.9 Å². The molecule has 0 fully saturated rings. The van der Waals surface area contributed by atoms with Crippen LogP contribution in [-0.2, 0) is 17.6 Å². The van der Waals surface area contributed by atoms with Gasteiger partial charge in [-0.15, -0.1) is 0 Å². The molecule has 0 radical (unpaired) electrons. The second-order valence-electron chi connectivity index (χ2n) is 7.90. The van der Waals surface area contributed by atoms with Gasteiger partial charge in [0.05, 0.1) is 18.3 Å². The Bertz CT molecular complexity index is 1190. The summed E-state index contributed by atoms with van der Waals surface area (Å²) < 4.78 is 7.61. The molecule has 1 aliphatic carbocycles. The number of hydrogen-bond acceptors (Lipinski definition) is 6. The zero-order chi connectivity index (χ0) is 21.2. The van der Waals surface area contributed by atoms with Crippen LogP contribution in [0.25, 0.3) is 10.9 Å². The molecule has 1 aromatic carbocycles. The molecule has 160 valence electrons. The van der Waals surface area contributed by atoms with Crippen LogP contribution in [0.4, 0.5) is 0 Å². The molecule has 2 aliphatic rings. The molecule has 1 atom stereocenters. The van der Waals surface area contributed by atoms with E-state index in [9.17, 15) is 9.59 Å². The van der Waals surface area contributed by atoms with Crippen molar-refractivity contribution in [3.63, 3.8) is 0 Å². The van der Waals surface area contributed by atoms with Crippen molar-refractivity contribution in [2.24, 2.45) is 0 Å². The molecular formula is C23H24N4O3S. The molecule has 0 bridgehead atoms. The number of thioether (sulfide) groups is 1. The van der Waals surface area contributed by atoms with Gasteiger partial charge in [0.15, 0.2) is 5.16 Å². The van der Waals surface area contributed by atoms with Crippen molar-refractivity contribution in [1.29, 1.82) is 0 Å². The first-order valence-corrected chi connectivity index (χ1v) is 11.7. The average Bonchev–Trinajstić information content (AvgIpc) is 3.41. The van der Waals surface area contributed by atoms with Crippen molar-refractivity contribution in [1.82, 2.24) is 19.9 Å². The second kappa shape index (κ2) is 8.70. The van der Waals surface area contributed by atoms with Gasteiger partial charge in [0.25, 0.3) is 5.56 Å². The lowest BCUT2D eigenvalue weighted by molar-refractivity contribution is -0.121. The second-order valence-corrected chi connectivity index (χ2v) is 8.89.